The van der Waals surface area contributed by atoms with Gasteiger partial charge < -0.3 is 9.84 Å². The van der Waals surface area contributed by atoms with Gasteiger partial charge in [0.2, 0.25) is 0 Å². The Morgan fingerprint density at radius 1 is 1.26 bits per heavy atom. The Labute approximate surface area is 161 Å². The fraction of sp³-hybridized carbons (Fsp3) is 0.545. The lowest BCUT2D eigenvalue weighted by Crippen LogP contribution is -2.30. The molecule has 2 aromatic rings. The number of carbonyl (C=O) groups excluding carboxylic acids is 1. The summed E-state index contributed by atoms with van der Waals surface area (Å²) in [6.45, 7) is 2.99. The molecule has 0 bridgehead atoms. The van der Waals surface area contributed by atoms with Crippen molar-refractivity contribution in [3.8, 4) is 5.75 Å². The molecule has 1 aliphatic rings. The molecule has 27 heavy (non-hydrogen) atoms. The Kier molecular flexibility index (Phi) is 6.54. The van der Waals surface area contributed by atoms with Crippen molar-refractivity contribution in [1.82, 2.24) is 4.57 Å². The molecule has 1 heterocycles. The van der Waals surface area contributed by atoms with Crippen molar-refractivity contribution < 1.29 is 19.2 Å². The third kappa shape index (κ3) is 4.90. The van der Waals surface area contributed by atoms with E-state index in [1.807, 2.05) is 49.1 Å². The van der Waals surface area contributed by atoms with Gasteiger partial charge in [-0.1, -0.05) is 43.9 Å². The Morgan fingerprint density at radius 2 is 2.00 bits per heavy atom. The minimum atomic E-state index is -0.294. The van der Waals surface area contributed by atoms with E-state index in [2.05, 4.69) is 4.57 Å². The number of esters is 1. The number of phenolic OH excluding ortho intramolecular Hbond substituents is 1. The van der Waals surface area contributed by atoms with Crippen molar-refractivity contribution in [2.75, 3.05) is 6.61 Å². The van der Waals surface area contributed by atoms with Crippen LogP contribution in [-0.2, 0) is 29.5 Å². The van der Waals surface area contributed by atoms with E-state index in [1.54, 1.807) is 0 Å². The maximum atomic E-state index is 12.2. The van der Waals surface area contributed by atoms with Crippen molar-refractivity contribution in [1.29, 1.82) is 0 Å². The summed E-state index contributed by atoms with van der Waals surface area (Å²) >= 11 is 0. The molecule has 3 rings (SSSR count). The Hall–Kier alpha value is -2.30. The number of aryl methyl sites for hydroxylation is 1. The zero-order valence-corrected chi connectivity index (χ0v) is 16.5. The van der Waals surface area contributed by atoms with E-state index in [0.717, 1.165) is 24.2 Å². The van der Waals surface area contributed by atoms with Crippen molar-refractivity contribution in [3.63, 3.8) is 0 Å². The molecule has 0 atom stereocenters. The van der Waals surface area contributed by atoms with Gasteiger partial charge in [0, 0.05) is 12.5 Å². The fourth-order valence-corrected chi connectivity index (χ4v) is 3.97. The standard InChI is InChI=1S/C22H30N2O3/c1-17-23(2)12-13-24(17)14-15-27-21(25)16-19-10-7-11-20(22(19)26)18-8-5-3-4-6-9-18/h7,10-13,18H,3-6,8-9,14-16H2,1-2H3/p+1. The fourth-order valence-electron chi connectivity index (χ4n) is 3.97. The first-order chi connectivity index (χ1) is 13.1. The number of aromatic nitrogens is 2. The number of ether oxygens (including phenoxy) is 1. The van der Waals surface area contributed by atoms with Crippen LogP contribution in [0, 0.1) is 6.92 Å². The molecule has 0 spiro atoms. The number of benzene rings is 1. The Balaban J connectivity index is 1.57. The molecular formula is C22H31N2O3+. The molecule has 0 radical (unpaired) electrons. The average molecular weight is 372 g/mol. The van der Waals surface area contributed by atoms with Crippen LogP contribution in [0.5, 0.6) is 5.75 Å². The number of imidazole rings is 1. The highest BCUT2D eigenvalue weighted by atomic mass is 16.5. The number of aromatic hydroxyl groups is 1. The summed E-state index contributed by atoms with van der Waals surface area (Å²) in [6.07, 6.45) is 11.3. The van der Waals surface area contributed by atoms with Crippen LogP contribution in [-0.4, -0.2) is 22.2 Å². The van der Waals surface area contributed by atoms with E-state index in [4.69, 9.17) is 4.74 Å². The number of carbonyl (C=O) groups is 1. The van der Waals surface area contributed by atoms with Crippen LogP contribution in [0.15, 0.2) is 30.6 Å². The predicted octanol–water partition coefficient (Wildman–Crippen LogP) is 3.55. The highest BCUT2D eigenvalue weighted by Crippen LogP contribution is 2.37. The Morgan fingerprint density at radius 3 is 2.67 bits per heavy atom. The van der Waals surface area contributed by atoms with Gasteiger partial charge in [-0.25, -0.2) is 9.13 Å². The van der Waals surface area contributed by atoms with Gasteiger partial charge in [-0.15, -0.1) is 0 Å². The lowest BCUT2D eigenvalue weighted by molar-refractivity contribution is -0.677. The van der Waals surface area contributed by atoms with E-state index in [9.17, 15) is 9.90 Å². The zero-order valence-electron chi connectivity index (χ0n) is 16.5. The topological polar surface area (TPSA) is 55.3 Å². The lowest BCUT2D eigenvalue weighted by atomic mass is 9.89. The minimum Gasteiger partial charge on any atom is -0.507 e. The lowest BCUT2D eigenvalue weighted by Gasteiger charge is -2.18. The van der Waals surface area contributed by atoms with E-state index in [-0.39, 0.29) is 18.1 Å². The molecule has 1 aromatic carbocycles. The maximum Gasteiger partial charge on any atom is 0.310 e. The second kappa shape index (κ2) is 9.07. The van der Waals surface area contributed by atoms with Crippen LogP contribution < -0.4 is 4.57 Å². The molecule has 1 N–H and O–H groups in total. The third-order valence-corrected chi connectivity index (χ3v) is 5.77. The van der Waals surface area contributed by atoms with Crippen LogP contribution >= 0.6 is 0 Å². The molecule has 1 saturated carbocycles. The van der Waals surface area contributed by atoms with Crippen LogP contribution in [0.1, 0.15) is 61.4 Å². The molecular weight excluding hydrogens is 340 g/mol. The first kappa shape index (κ1) is 19.5. The number of phenols is 1. The summed E-state index contributed by atoms with van der Waals surface area (Å²) in [6, 6.07) is 5.79. The maximum absolute atomic E-state index is 12.2. The first-order valence-electron chi connectivity index (χ1n) is 10.0. The Bertz CT molecular complexity index is 774. The number of para-hydroxylation sites is 1. The summed E-state index contributed by atoms with van der Waals surface area (Å²) in [5.41, 5.74) is 1.67. The van der Waals surface area contributed by atoms with E-state index in [1.165, 1.54) is 25.7 Å². The highest BCUT2D eigenvalue weighted by Gasteiger charge is 2.20. The summed E-state index contributed by atoms with van der Waals surface area (Å²) in [5, 5.41) is 10.7. The van der Waals surface area contributed by atoms with Crippen LogP contribution in [0.3, 0.4) is 0 Å². The molecule has 5 heteroatoms. The molecule has 5 nitrogen and oxygen atoms in total. The SMILES string of the molecule is Cc1n(CCOC(=O)Cc2cccc(C3CCCCCC3)c2O)cc[n+]1C. The van der Waals surface area contributed by atoms with Gasteiger partial charge in [-0.2, -0.15) is 0 Å². The molecule has 0 unspecified atom stereocenters. The number of hydrogen-bond acceptors (Lipinski definition) is 3. The molecule has 0 amide bonds. The molecule has 1 aliphatic carbocycles. The van der Waals surface area contributed by atoms with Crippen molar-refractivity contribution in [3.05, 3.63) is 47.5 Å². The monoisotopic (exact) mass is 371 g/mol. The van der Waals surface area contributed by atoms with E-state index < -0.39 is 0 Å². The summed E-state index contributed by atoms with van der Waals surface area (Å²) in [5.74, 6) is 1.51. The van der Waals surface area contributed by atoms with Crippen LogP contribution in [0.4, 0.5) is 0 Å². The molecule has 1 fully saturated rings. The van der Waals surface area contributed by atoms with Crippen molar-refractivity contribution >= 4 is 5.97 Å². The van der Waals surface area contributed by atoms with Gasteiger partial charge in [0.25, 0.3) is 5.82 Å². The summed E-state index contributed by atoms with van der Waals surface area (Å²) in [4.78, 5) is 12.2. The summed E-state index contributed by atoms with van der Waals surface area (Å²) in [7, 11) is 1.99. The second-order valence-corrected chi connectivity index (χ2v) is 7.59. The van der Waals surface area contributed by atoms with Crippen molar-refractivity contribution in [2.24, 2.45) is 7.05 Å². The van der Waals surface area contributed by atoms with Gasteiger partial charge >= 0.3 is 5.97 Å². The van der Waals surface area contributed by atoms with Gasteiger partial charge in [-0.05, 0) is 24.3 Å². The van der Waals surface area contributed by atoms with Gasteiger partial charge in [0.1, 0.15) is 31.3 Å². The number of nitrogens with zero attached hydrogens (tertiary/aromatic N) is 2. The quantitative estimate of drug-likeness (QED) is 0.480. The summed E-state index contributed by atoms with van der Waals surface area (Å²) < 4.78 is 9.47. The first-order valence-corrected chi connectivity index (χ1v) is 10.0. The van der Waals surface area contributed by atoms with Gasteiger partial charge in [0.15, 0.2) is 0 Å². The average Bonchev–Trinajstić information content (AvgIpc) is 2.86. The molecule has 0 aliphatic heterocycles. The molecule has 0 saturated heterocycles. The predicted molar refractivity (Wildman–Crippen MR) is 104 cm³/mol. The largest absolute Gasteiger partial charge is 0.507 e. The second-order valence-electron chi connectivity index (χ2n) is 7.59. The zero-order chi connectivity index (χ0) is 19.2. The molecule has 1 aromatic heterocycles. The minimum absolute atomic E-state index is 0.116. The van der Waals surface area contributed by atoms with Crippen molar-refractivity contribution in [2.45, 2.75) is 64.3 Å². The van der Waals surface area contributed by atoms with Gasteiger partial charge in [0.05, 0.1) is 13.5 Å². The normalized spacial score (nSPS) is 15.5. The van der Waals surface area contributed by atoms with Crippen LogP contribution in [0.2, 0.25) is 0 Å². The van der Waals surface area contributed by atoms with E-state index >= 15 is 0 Å². The van der Waals surface area contributed by atoms with Crippen LogP contribution in [0.25, 0.3) is 0 Å². The third-order valence-electron chi connectivity index (χ3n) is 5.77. The van der Waals surface area contributed by atoms with Gasteiger partial charge in [-0.3, -0.25) is 4.79 Å². The number of hydrogen-bond donors (Lipinski definition) is 1. The smallest absolute Gasteiger partial charge is 0.310 e. The highest BCUT2D eigenvalue weighted by molar-refractivity contribution is 5.73. The van der Waals surface area contributed by atoms with E-state index in [0.29, 0.717) is 24.6 Å². The molecule has 146 valence electrons. The number of rotatable bonds is 6.